The van der Waals surface area contributed by atoms with Crippen molar-refractivity contribution < 1.29 is 18.9 Å². The van der Waals surface area contributed by atoms with E-state index < -0.39 is 0 Å². The number of ether oxygens (including phenoxy) is 4. The molecule has 3 rings (SSSR count). The Morgan fingerprint density at radius 2 is 2.12 bits per heavy atom. The average molecular weight is 236 g/mol. The zero-order valence-corrected chi connectivity index (χ0v) is 9.69. The Kier molecular flexibility index (Phi) is 3.16. The molecule has 0 aliphatic carbocycles. The summed E-state index contributed by atoms with van der Waals surface area (Å²) in [4.78, 5) is 0. The van der Waals surface area contributed by atoms with Crippen molar-refractivity contribution in [1.82, 2.24) is 0 Å². The highest BCUT2D eigenvalue weighted by molar-refractivity contribution is 5.44. The molecule has 4 nitrogen and oxygen atoms in total. The molecule has 1 fully saturated rings. The van der Waals surface area contributed by atoms with Gasteiger partial charge in [0.15, 0.2) is 17.8 Å². The fourth-order valence-electron chi connectivity index (χ4n) is 2.06. The van der Waals surface area contributed by atoms with Gasteiger partial charge in [-0.25, -0.2) is 0 Å². The molecule has 2 aliphatic rings. The number of hydrogen-bond donors (Lipinski definition) is 0. The minimum Gasteiger partial charge on any atom is -0.454 e. The molecule has 0 N–H and O–H groups in total. The van der Waals surface area contributed by atoms with Crippen LogP contribution in [-0.2, 0) is 16.1 Å². The van der Waals surface area contributed by atoms with Crippen LogP contribution in [0.3, 0.4) is 0 Å². The van der Waals surface area contributed by atoms with Crippen LogP contribution < -0.4 is 9.47 Å². The van der Waals surface area contributed by atoms with Crippen LogP contribution in [0.2, 0.25) is 0 Å². The van der Waals surface area contributed by atoms with Crippen LogP contribution in [0, 0.1) is 0 Å². The number of fused-ring (bicyclic) bond motifs is 1. The van der Waals surface area contributed by atoms with Gasteiger partial charge in [0.25, 0.3) is 0 Å². The van der Waals surface area contributed by atoms with Gasteiger partial charge < -0.3 is 18.9 Å². The van der Waals surface area contributed by atoms with Gasteiger partial charge in [-0.3, -0.25) is 0 Å². The Morgan fingerprint density at radius 1 is 1.18 bits per heavy atom. The molecule has 17 heavy (non-hydrogen) atoms. The minimum atomic E-state index is -0.0471. The first-order chi connectivity index (χ1) is 8.42. The molecule has 2 aliphatic heterocycles. The SMILES string of the molecule is c1cc2c(cc1CO[C@@H]1CCCCO1)OCO2. The van der Waals surface area contributed by atoms with Crippen molar-refractivity contribution in [3.63, 3.8) is 0 Å². The van der Waals surface area contributed by atoms with E-state index in [2.05, 4.69) is 0 Å². The van der Waals surface area contributed by atoms with Crippen LogP contribution in [0.15, 0.2) is 18.2 Å². The highest BCUT2D eigenvalue weighted by Gasteiger charge is 2.16. The maximum atomic E-state index is 5.71. The summed E-state index contributed by atoms with van der Waals surface area (Å²) >= 11 is 0. The maximum absolute atomic E-state index is 5.71. The highest BCUT2D eigenvalue weighted by atomic mass is 16.7. The summed E-state index contributed by atoms with van der Waals surface area (Å²) in [5.74, 6) is 1.61. The Morgan fingerprint density at radius 3 is 3.00 bits per heavy atom. The van der Waals surface area contributed by atoms with Gasteiger partial charge in [-0.15, -0.1) is 0 Å². The first kappa shape index (κ1) is 10.9. The fourth-order valence-corrected chi connectivity index (χ4v) is 2.06. The van der Waals surface area contributed by atoms with E-state index in [4.69, 9.17) is 18.9 Å². The molecular weight excluding hydrogens is 220 g/mol. The molecular formula is C13H16O4. The van der Waals surface area contributed by atoms with Gasteiger partial charge in [0.2, 0.25) is 6.79 Å². The molecule has 4 heteroatoms. The molecule has 1 atom stereocenters. The van der Waals surface area contributed by atoms with Gasteiger partial charge in [0.1, 0.15) is 0 Å². The van der Waals surface area contributed by atoms with Gasteiger partial charge in [-0.2, -0.15) is 0 Å². The average Bonchev–Trinajstić information content (AvgIpc) is 2.85. The lowest BCUT2D eigenvalue weighted by atomic mass is 10.2. The van der Waals surface area contributed by atoms with Crippen molar-refractivity contribution >= 4 is 0 Å². The Balaban J connectivity index is 1.57. The monoisotopic (exact) mass is 236 g/mol. The molecule has 0 bridgehead atoms. The molecule has 0 spiro atoms. The summed E-state index contributed by atoms with van der Waals surface area (Å²) in [7, 11) is 0. The first-order valence-electron chi connectivity index (χ1n) is 6.03. The summed E-state index contributed by atoms with van der Waals surface area (Å²) in [6, 6.07) is 5.88. The minimum absolute atomic E-state index is 0.0471. The third kappa shape index (κ3) is 2.53. The van der Waals surface area contributed by atoms with Gasteiger partial charge in [0.05, 0.1) is 6.61 Å². The van der Waals surface area contributed by atoms with E-state index in [1.807, 2.05) is 18.2 Å². The van der Waals surface area contributed by atoms with E-state index in [1.54, 1.807) is 0 Å². The van der Waals surface area contributed by atoms with Gasteiger partial charge in [-0.05, 0) is 37.0 Å². The molecule has 0 saturated carbocycles. The van der Waals surface area contributed by atoms with E-state index in [0.29, 0.717) is 13.4 Å². The summed E-state index contributed by atoms with van der Waals surface area (Å²) in [6.45, 7) is 1.68. The normalized spacial score (nSPS) is 22.7. The lowest BCUT2D eigenvalue weighted by Gasteiger charge is -2.22. The second-order valence-electron chi connectivity index (χ2n) is 4.29. The summed E-state index contributed by atoms with van der Waals surface area (Å²) in [6.07, 6.45) is 3.27. The lowest BCUT2D eigenvalue weighted by Crippen LogP contribution is -2.21. The van der Waals surface area contributed by atoms with Gasteiger partial charge in [0, 0.05) is 6.61 Å². The zero-order valence-electron chi connectivity index (χ0n) is 9.69. The van der Waals surface area contributed by atoms with Gasteiger partial charge >= 0.3 is 0 Å². The Labute approximate surface area is 100 Å². The van der Waals surface area contributed by atoms with Crippen LogP contribution in [0.4, 0.5) is 0 Å². The van der Waals surface area contributed by atoms with E-state index in [0.717, 1.165) is 36.5 Å². The molecule has 1 aromatic carbocycles. The third-order valence-electron chi connectivity index (χ3n) is 3.01. The van der Waals surface area contributed by atoms with Crippen LogP contribution in [-0.4, -0.2) is 19.7 Å². The Hall–Kier alpha value is -1.26. The van der Waals surface area contributed by atoms with Crippen molar-refractivity contribution in [2.45, 2.75) is 32.2 Å². The largest absolute Gasteiger partial charge is 0.454 e. The summed E-state index contributed by atoms with van der Waals surface area (Å²) in [5, 5.41) is 0. The number of rotatable bonds is 3. The second-order valence-corrected chi connectivity index (χ2v) is 4.29. The zero-order chi connectivity index (χ0) is 11.5. The molecule has 0 radical (unpaired) electrons. The topological polar surface area (TPSA) is 36.9 Å². The number of hydrogen-bond acceptors (Lipinski definition) is 4. The van der Waals surface area contributed by atoms with E-state index in [9.17, 15) is 0 Å². The van der Waals surface area contributed by atoms with Crippen molar-refractivity contribution in [2.75, 3.05) is 13.4 Å². The Bertz CT molecular complexity index is 385. The molecule has 92 valence electrons. The quantitative estimate of drug-likeness (QED) is 0.807. The van der Waals surface area contributed by atoms with E-state index >= 15 is 0 Å². The molecule has 1 aromatic rings. The maximum Gasteiger partial charge on any atom is 0.231 e. The van der Waals surface area contributed by atoms with Crippen LogP contribution in [0.1, 0.15) is 24.8 Å². The molecule has 1 saturated heterocycles. The standard InChI is InChI=1S/C13H16O4/c1-2-6-14-13(3-1)15-8-10-4-5-11-12(7-10)17-9-16-11/h4-5,7,13H,1-3,6,8-9H2/t13-/m1/s1. The van der Waals surface area contributed by atoms with E-state index in [-0.39, 0.29) is 6.29 Å². The van der Waals surface area contributed by atoms with E-state index in [1.165, 1.54) is 6.42 Å². The highest BCUT2D eigenvalue weighted by Crippen LogP contribution is 2.32. The molecule has 2 heterocycles. The number of benzene rings is 1. The summed E-state index contributed by atoms with van der Waals surface area (Å²) < 4.78 is 21.8. The predicted molar refractivity (Wildman–Crippen MR) is 60.9 cm³/mol. The van der Waals surface area contributed by atoms with Crippen LogP contribution in [0.5, 0.6) is 11.5 Å². The van der Waals surface area contributed by atoms with Crippen LogP contribution in [0.25, 0.3) is 0 Å². The van der Waals surface area contributed by atoms with Crippen molar-refractivity contribution in [2.24, 2.45) is 0 Å². The van der Waals surface area contributed by atoms with Crippen molar-refractivity contribution in [3.05, 3.63) is 23.8 Å². The summed E-state index contributed by atoms with van der Waals surface area (Å²) in [5.41, 5.74) is 1.09. The van der Waals surface area contributed by atoms with Crippen molar-refractivity contribution in [1.29, 1.82) is 0 Å². The molecule has 0 unspecified atom stereocenters. The molecule has 0 aromatic heterocycles. The predicted octanol–water partition coefficient (Wildman–Crippen LogP) is 2.46. The second kappa shape index (κ2) is 4.94. The van der Waals surface area contributed by atoms with Crippen molar-refractivity contribution in [3.8, 4) is 11.5 Å². The molecule has 0 amide bonds. The third-order valence-corrected chi connectivity index (χ3v) is 3.01. The first-order valence-corrected chi connectivity index (χ1v) is 6.03. The fraction of sp³-hybridized carbons (Fsp3) is 0.538. The smallest absolute Gasteiger partial charge is 0.231 e. The van der Waals surface area contributed by atoms with Crippen LogP contribution >= 0.6 is 0 Å². The lowest BCUT2D eigenvalue weighted by molar-refractivity contribution is -0.168. The van der Waals surface area contributed by atoms with Gasteiger partial charge in [-0.1, -0.05) is 6.07 Å².